The number of urea groups is 1. The maximum atomic E-state index is 11.6. The number of carbonyl (C=O) groups excluding carboxylic acids is 1. The van der Waals surface area contributed by atoms with Crippen molar-refractivity contribution in [2.45, 2.75) is 6.10 Å². The quantitative estimate of drug-likeness (QED) is 0.661. The molecule has 0 aliphatic heterocycles. The van der Waals surface area contributed by atoms with Crippen LogP contribution in [0.3, 0.4) is 0 Å². The molecule has 6 nitrogen and oxygen atoms in total. The number of nitrogen functional groups attached to an aromatic ring is 1. The SMILES string of the molecule is COCC(CNC(=O)Nc1ccc(N)cc1)OC. The number of ether oxygens (including phenoxy) is 2. The van der Waals surface area contributed by atoms with Crippen molar-refractivity contribution in [1.82, 2.24) is 5.32 Å². The zero-order valence-corrected chi connectivity index (χ0v) is 10.6. The highest BCUT2D eigenvalue weighted by atomic mass is 16.5. The van der Waals surface area contributed by atoms with Crippen LogP contribution >= 0.6 is 0 Å². The molecule has 18 heavy (non-hydrogen) atoms. The van der Waals surface area contributed by atoms with Crippen LogP contribution in [0, 0.1) is 0 Å². The molecular formula is C12H19N3O3. The largest absolute Gasteiger partial charge is 0.399 e. The van der Waals surface area contributed by atoms with E-state index in [0.717, 1.165) is 0 Å². The first kappa shape index (κ1) is 14.3. The predicted molar refractivity (Wildman–Crippen MR) is 70.5 cm³/mol. The second kappa shape index (κ2) is 7.52. The van der Waals surface area contributed by atoms with Crippen LogP contribution in [-0.4, -0.2) is 39.5 Å². The van der Waals surface area contributed by atoms with Gasteiger partial charge in [0.15, 0.2) is 0 Å². The van der Waals surface area contributed by atoms with Gasteiger partial charge in [-0.25, -0.2) is 4.79 Å². The Balaban J connectivity index is 2.35. The summed E-state index contributed by atoms with van der Waals surface area (Å²) in [6.45, 7) is 0.809. The molecule has 0 bridgehead atoms. The molecule has 6 heteroatoms. The van der Waals surface area contributed by atoms with Gasteiger partial charge in [0.1, 0.15) is 0 Å². The Kier molecular flexibility index (Phi) is 5.96. The van der Waals surface area contributed by atoms with Crippen LogP contribution in [0.5, 0.6) is 0 Å². The summed E-state index contributed by atoms with van der Waals surface area (Å²) in [6.07, 6.45) is -0.160. The summed E-state index contributed by atoms with van der Waals surface area (Å²) in [5.41, 5.74) is 6.88. The molecule has 1 rings (SSSR count). The van der Waals surface area contributed by atoms with Crippen LogP contribution in [0.1, 0.15) is 0 Å². The molecule has 0 radical (unpaired) electrons. The van der Waals surface area contributed by atoms with E-state index in [9.17, 15) is 4.79 Å². The van der Waals surface area contributed by atoms with Gasteiger partial charge in [0.2, 0.25) is 0 Å². The van der Waals surface area contributed by atoms with Crippen molar-refractivity contribution in [3.63, 3.8) is 0 Å². The normalized spacial score (nSPS) is 11.9. The van der Waals surface area contributed by atoms with Gasteiger partial charge >= 0.3 is 6.03 Å². The van der Waals surface area contributed by atoms with Crippen LogP contribution < -0.4 is 16.4 Å². The monoisotopic (exact) mass is 253 g/mol. The van der Waals surface area contributed by atoms with Crippen molar-refractivity contribution in [2.24, 2.45) is 0 Å². The van der Waals surface area contributed by atoms with E-state index in [0.29, 0.717) is 24.5 Å². The van der Waals surface area contributed by atoms with Gasteiger partial charge in [-0.05, 0) is 24.3 Å². The number of nitrogens with two attached hydrogens (primary N) is 1. The molecule has 0 aliphatic rings. The molecule has 1 aromatic carbocycles. The predicted octanol–water partition coefficient (Wildman–Crippen LogP) is 1.05. The molecule has 0 saturated carbocycles. The molecule has 1 atom stereocenters. The maximum absolute atomic E-state index is 11.6. The molecule has 0 heterocycles. The molecule has 0 aromatic heterocycles. The average Bonchev–Trinajstić information content (AvgIpc) is 2.37. The fourth-order valence-electron chi connectivity index (χ4n) is 1.34. The first-order chi connectivity index (χ1) is 8.65. The number of anilines is 2. The lowest BCUT2D eigenvalue weighted by Crippen LogP contribution is -2.37. The smallest absolute Gasteiger partial charge is 0.319 e. The minimum absolute atomic E-state index is 0.160. The highest BCUT2D eigenvalue weighted by molar-refractivity contribution is 5.89. The molecule has 0 aliphatic carbocycles. The summed E-state index contributed by atoms with van der Waals surface area (Å²) in [6, 6.07) is 6.62. The number of nitrogens with one attached hydrogen (secondary N) is 2. The van der Waals surface area contributed by atoms with Gasteiger partial charge in [-0.3, -0.25) is 0 Å². The van der Waals surface area contributed by atoms with Crippen molar-refractivity contribution in [3.8, 4) is 0 Å². The Labute approximate surface area is 106 Å². The number of rotatable bonds is 6. The van der Waals surface area contributed by atoms with Crippen molar-refractivity contribution < 1.29 is 14.3 Å². The van der Waals surface area contributed by atoms with Gasteiger partial charge in [0.25, 0.3) is 0 Å². The van der Waals surface area contributed by atoms with Crippen molar-refractivity contribution in [2.75, 3.05) is 38.4 Å². The Morgan fingerprint density at radius 1 is 1.33 bits per heavy atom. The Morgan fingerprint density at radius 2 is 2.00 bits per heavy atom. The minimum Gasteiger partial charge on any atom is -0.399 e. The first-order valence-corrected chi connectivity index (χ1v) is 5.58. The molecule has 0 fully saturated rings. The lowest BCUT2D eigenvalue weighted by Gasteiger charge is -2.15. The zero-order valence-electron chi connectivity index (χ0n) is 10.6. The molecule has 100 valence electrons. The van der Waals surface area contributed by atoms with E-state index < -0.39 is 0 Å². The van der Waals surface area contributed by atoms with Crippen molar-refractivity contribution in [3.05, 3.63) is 24.3 Å². The molecule has 1 unspecified atom stereocenters. The summed E-state index contributed by atoms with van der Waals surface area (Å²) in [7, 11) is 3.16. The number of methoxy groups -OCH3 is 2. The van der Waals surface area contributed by atoms with E-state index in [-0.39, 0.29) is 12.1 Å². The zero-order chi connectivity index (χ0) is 13.4. The third-order valence-electron chi connectivity index (χ3n) is 2.34. The van der Waals surface area contributed by atoms with Crippen molar-refractivity contribution >= 4 is 17.4 Å². The van der Waals surface area contributed by atoms with Gasteiger partial charge in [-0.15, -0.1) is 0 Å². The second-order valence-corrected chi connectivity index (χ2v) is 3.77. The van der Waals surface area contributed by atoms with E-state index in [1.807, 2.05) is 0 Å². The number of hydrogen-bond acceptors (Lipinski definition) is 4. The lowest BCUT2D eigenvalue weighted by molar-refractivity contribution is 0.0307. The van der Waals surface area contributed by atoms with Gasteiger partial charge < -0.3 is 25.8 Å². The molecule has 0 saturated heterocycles. The van der Waals surface area contributed by atoms with Gasteiger partial charge in [0.05, 0.1) is 12.7 Å². The molecule has 4 N–H and O–H groups in total. The highest BCUT2D eigenvalue weighted by Gasteiger charge is 2.08. The number of hydrogen-bond donors (Lipinski definition) is 3. The second-order valence-electron chi connectivity index (χ2n) is 3.77. The number of amides is 2. The summed E-state index contributed by atoms with van der Waals surface area (Å²) in [5, 5.41) is 5.38. The molecule has 0 spiro atoms. The van der Waals surface area contributed by atoms with E-state index in [2.05, 4.69) is 10.6 Å². The van der Waals surface area contributed by atoms with Crippen LogP contribution in [-0.2, 0) is 9.47 Å². The minimum atomic E-state index is -0.294. The third kappa shape index (κ3) is 5.03. The fourth-order valence-corrected chi connectivity index (χ4v) is 1.34. The van der Waals surface area contributed by atoms with E-state index in [1.54, 1.807) is 38.5 Å². The van der Waals surface area contributed by atoms with Crippen LogP contribution in [0.2, 0.25) is 0 Å². The third-order valence-corrected chi connectivity index (χ3v) is 2.34. The lowest BCUT2D eigenvalue weighted by atomic mass is 10.3. The van der Waals surface area contributed by atoms with Crippen molar-refractivity contribution in [1.29, 1.82) is 0 Å². The van der Waals surface area contributed by atoms with E-state index in [1.165, 1.54) is 0 Å². The van der Waals surface area contributed by atoms with E-state index in [4.69, 9.17) is 15.2 Å². The Bertz CT molecular complexity index is 367. The average molecular weight is 253 g/mol. The van der Waals surface area contributed by atoms with Crippen LogP contribution in [0.4, 0.5) is 16.2 Å². The number of carbonyl (C=O) groups is 1. The molecular weight excluding hydrogens is 234 g/mol. The topological polar surface area (TPSA) is 85.6 Å². The van der Waals surface area contributed by atoms with Gasteiger partial charge in [-0.1, -0.05) is 0 Å². The Hall–Kier alpha value is -1.79. The number of benzene rings is 1. The molecule has 2 amide bonds. The molecule has 1 aromatic rings. The highest BCUT2D eigenvalue weighted by Crippen LogP contribution is 2.09. The summed E-state index contributed by atoms with van der Waals surface area (Å²) in [4.78, 5) is 11.6. The van der Waals surface area contributed by atoms with Gasteiger partial charge in [-0.2, -0.15) is 0 Å². The van der Waals surface area contributed by atoms with Crippen LogP contribution in [0.25, 0.3) is 0 Å². The van der Waals surface area contributed by atoms with E-state index >= 15 is 0 Å². The summed E-state index contributed by atoms with van der Waals surface area (Å²) < 4.78 is 10.1. The first-order valence-electron chi connectivity index (χ1n) is 5.58. The summed E-state index contributed by atoms with van der Waals surface area (Å²) in [5.74, 6) is 0. The summed E-state index contributed by atoms with van der Waals surface area (Å²) >= 11 is 0. The van der Waals surface area contributed by atoms with Gasteiger partial charge in [0, 0.05) is 32.1 Å². The standard InChI is InChI=1S/C12H19N3O3/c1-17-8-11(18-2)7-14-12(16)15-10-5-3-9(13)4-6-10/h3-6,11H,7-8,13H2,1-2H3,(H2,14,15,16). The fraction of sp³-hybridized carbons (Fsp3) is 0.417. The maximum Gasteiger partial charge on any atom is 0.319 e. The Morgan fingerprint density at radius 3 is 2.56 bits per heavy atom. The van der Waals surface area contributed by atoms with Crippen LogP contribution in [0.15, 0.2) is 24.3 Å².